The topological polar surface area (TPSA) is 57.7 Å². The fraction of sp³-hybridized carbons (Fsp3) is 0.400. The Morgan fingerprint density at radius 1 is 1.19 bits per heavy atom. The van der Waals surface area contributed by atoms with Gasteiger partial charge in [-0.2, -0.15) is 0 Å². The van der Waals surface area contributed by atoms with Crippen molar-refractivity contribution in [3.63, 3.8) is 0 Å². The molecule has 0 saturated carbocycles. The molecule has 0 aliphatic carbocycles. The lowest BCUT2D eigenvalue weighted by molar-refractivity contribution is -0.0365. The third-order valence-electron chi connectivity index (χ3n) is 5.06. The maximum atomic E-state index is 12.5. The number of nitrogens with zero attached hydrogens (tertiary/aromatic N) is 3. The van der Waals surface area contributed by atoms with Crippen LogP contribution in [-0.4, -0.2) is 66.2 Å². The molecule has 1 N–H and O–H groups in total. The van der Waals surface area contributed by atoms with Crippen LogP contribution in [0.4, 0.5) is 4.79 Å². The predicted octanol–water partition coefficient (Wildman–Crippen LogP) is 1.97. The number of pyridine rings is 1. The van der Waals surface area contributed by atoms with Crippen LogP contribution in [0.2, 0.25) is 0 Å². The van der Waals surface area contributed by atoms with Gasteiger partial charge in [0.05, 0.1) is 24.9 Å². The largest absolute Gasteiger partial charge is 0.378 e. The number of aromatic nitrogens is 1. The number of piperazine rings is 1. The van der Waals surface area contributed by atoms with E-state index in [0.717, 1.165) is 56.2 Å². The van der Waals surface area contributed by atoms with Crippen molar-refractivity contribution in [3.05, 3.63) is 54.2 Å². The summed E-state index contributed by atoms with van der Waals surface area (Å²) in [6, 6.07) is 14.4. The highest BCUT2D eigenvalue weighted by atomic mass is 16.5. The van der Waals surface area contributed by atoms with Gasteiger partial charge in [0.15, 0.2) is 0 Å². The quantitative estimate of drug-likeness (QED) is 0.918. The van der Waals surface area contributed by atoms with Gasteiger partial charge in [0.2, 0.25) is 0 Å². The highest BCUT2D eigenvalue weighted by Gasteiger charge is 2.31. The van der Waals surface area contributed by atoms with Gasteiger partial charge in [0.25, 0.3) is 0 Å². The van der Waals surface area contributed by atoms with E-state index in [0.29, 0.717) is 12.6 Å². The van der Waals surface area contributed by atoms with E-state index in [1.54, 1.807) is 6.20 Å². The van der Waals surface area contributed by atoms with Gasteiger partial charge in [0, 0.05) is 44.5 Å². The van der Waals surface area contributed by atoms with Crippen LogP contribution < -0.4 is 5.32 Å². The number of rotatable bonds is 3. The third-order valence-corrected chi connectivity index (χ3v) is 5.06. The number of amides is 2. The Kier molecular flexibility index (Phi) is 5.13. The normalized spacial score (nSPS) is 20.5. The zero-order valence-electron chi connectivity index (χ0n) is 14.8. The van der Waals surface area contributed by atoms with E-state index in [4.69, 9.17) is 4.74 Å². The summed E-state index contributed by atoms with van der Waals surface area (Å²) in [5, 5.41) is 3.05. The van der Waals surface area contributed by atoms with E-state index in [9.17, 15) is 4.79 Å². The molecule has 136 valence electrons. The van der Waals surface area contributed by atoms with Crippen molar-refractivity contribution in [2.75, 3.05) is 39.4 Å². The highest BCUT2D eigenvalue weighted by molar-refractivity contribution is 5.74. The van der Waals surface area contributed by atoms with Crippen LogP contribution in [0.5, 0.6) is 0 Å². The van der Waals surface area contributed by atoms with Gasteiger partial charge < -0.3 is 15.0 Å². The molecule has 1 atom stereocenters. The van der Waals surface area contributed by atoms with Crippen molar-refractivity contribution < 1.29 is 9.53 Å². The van der Waals surface area contributed by atoms with E-state index in [1.165, 1.54) is 0 Å². The lowest BCUT2D eigenvalue weighted by Crippen LogP contribution is -2.60. The summed E-state index contributed by atoms with van der Waals surface area (Å²) < 4.78 is 5.55. The number of carbonyl (C=O) groups excluding carboxylic acids is 1. The molecule has 0 bridgehead atoms. The molecule has 2 amide bonds. The molecule has 26 heavy (non-hydrogen) atoms. The fourth-order valence-corrected chi connectivity index (χ4v) is 3.59. The maximum absolute atomic E-state index is 12.5. The number of hydrogen-bond acceptors (Lipinski definition) is 4. The summed E-state index contributed by atoms with van der Waals surface area (Å²) in [6.45, 7) is 5.44. The number of carbonyl (C=O) groups is 1. The lowest BCUT2D eigenvalue weighted by Gasteiger charge is -2.43. The standard InChI is InChI=1S/C20H24N4O2/c25-20(24-9-8-23-10-11-26-15-18(23)14-24)22-13-16-4-3-5-17(12-16)19-6-1-2-7-21-19/h1-7,12,18H,8-11,13-15H2,(H,22,25). The number of morpholine rings is 1. The molecule has 0 spiro atoms. The second kappa shape index (κ2) is 7.85. The first kappa shape index (κ1) is 17.0. The molecule has 0 radical (unpaired) electrons. The van der Waals surface area contributed by atoms with E-state index < -0.39 is 0 Å². The molecule has 2 fully saturated rings. The Morgan fingerprint density at radius 2 is 2.15 bits per heavy atom. The van der Waals surface area contributed by atoms with Crippen molar-refractivity contribution in [2.24, 2.45) is 0 Å². The van der Waals surface area contributed by atoms with Crippen molar-refractivity contribution in [1.82, 2.24) is 20.1 Å². The molecule has 2 aromatic rings. The molecule has 2 saturated heterocycles. The Balaban J connectivity index is 1.34. The molecule has 3 heterocycles. The summed E-state index contributed by atoms with van der Waals surface area (Å²) in [6.07, 6.45) is 1.79. The Hall–Kier alpha value is -2.44. The Bertz CT molecular complexity index is 752. The second-order valence-electron chi connectivity index (χ2n) is 6.78. The predicted molar refractivity (Wildman–Crippen MR) is 99.7 cm³/mol. The van der Waals surface area contributed by atoms with Gasteiger partial charge in [-0.15, -0.1) is 0 Å². The minimum atomic E-state index is -0.00142. The third kappa shape index (κ3) is 3.86. The fourth-order valence-electron chi connectivity index (χ4n) is 3.59. The molecule has 2 aliphatic heterocycles. The molecule has 1 unspecified atom stereocenters. The van der Waals surface area contributed by atoms with E-state index >= 15 is 0 Å². The highest BCUT2D eigenvalue weighted by Crippen LogP contribution is 2.18. The molecule has 4 rings (SSSR count). The summed E-state index contributed by atoms with van der Waals surface area (Å²) >= 11 is 0. The van der Waals surface area contributed by atoms with E-state index in [-0.39, 0.29) is 6.03 Å². The molecular formula is C20H24N4O2. The minimum absolute atomic E-state index is 0.00142. The second-order valence-corrected chi connectivity index (χ2v) is 6.78. The minimum Gasteiger partial charge on any atom is -0.378 e. The number of nitrogens with one attached hydrogen (secondary N) is 1. The van der Waals surface area contributed by atoms with Crippen LogP contribution in [0.15, 0.2) is 48.7 Å². The van der Waals surface area contributed by atoms with Crippen molar-refractivity contribution >= 4 is 6.03 Å². The van der Waals surface area contributed by atoms with Crippen LogP contribution in [0.25, 0.3) is 11.3 Å². The monoisotopic (exact) mass is 352 g/mol. The van der Waals surface area contributed by atoms with Crippen LogP contribution >= 0.6 is 0 Å². The summed E-state index contributed by atoms with van der Waals surface area (Å²) in [7, 11) is 0. The van der Waals surface area contributed by atoms with Crippen LogP contribution in [0, 0.1) is 0 Å². The number of hydrogen-bond donors (Lipinski definition) is 1. The number of urea groups is 1. The lowest BCUT2D eigenvalue weighted by atomic mass is 10.1. The zero-order valence-corrected chi connectivity index (χ0v) is 14.8. The first-order valence-electron chi connectivity index (χ1n) is 9.14. The maximum Gasteiger partial charge on any atom is 0.317 e. The van der Waals surface area contributed by atoms with Gasteiger partial charge in [-0.1, -0.05) is 24.3 Å². The molecular weight excluding hydrogens is 328 g/mol. The summed E-state index contributed by atoms with van der Waals surface area (Å²) in [5.41, 5.74) is 3.07. The van der Waals surface area contributed by atoms with Crippen LogP contribution in [-0.2, 0) is 11.3 Å². The van der Waals surface area contributed by atoms with Crippen molar-refractivity contribution in [1.29, 1.82) is 0 Å². The molecule has 1 aromatic carbocycles. The Morgan fingerprint density at radius 3 is 3.04 bits per heavy atom. The molecule has 6 heteroatoms. The first-order valence-corrected chi connectivity index (χ1v) is 9.14. The average Bonchev–Trinajstić information content (AvgIpc) is 2.72. The average molecular weight is 352 g/mol. The van der Waals surface area contributed by atoms with Crippen LogP contribution in [0.1, 0.15) is 5.56 Å². The van der Waals surface area contributed by atoms with E-state index in [1.807, 2.05) is 41.3 Å². The molecule has 6 nitrogen and oxygen atoms in total. The number of ether oxygens (including phenoxy) is 1. The number of fused-ring (bicyclic) bond motifs is 1. The van der Waals surface area contributed by atoms with Gasteiger partial charge in [-0.3, -0.25) is 9.88 Å². The summed E-state index contributed by atoms with van der Waals surface area (Å²) in [5.74, 6) is 0. The van der Waals surface area contributed by atoms with Gasteiger partial charge >= 0.3 is 6.03 Å². The Labute approximate surface area is 153 Å². The van der Waals surface area contributed by atoms with Crippen molar-refractivity contribution in [2.45, 2.75) is 12.6 Å². The SMILES string of the molecule is O=C(NCc1cccc(-c2ccccn2)c1)N1CCN2CCOCC2C1. The zero-order chi connectivity index (χ0) is 17.8. The summed E-state index contributed by atoms with van der Waals surface area (Å²) in [4.78, 5) is 21.3. The van der Waals surface area contributed by atoms with Crippen LogP contribution in [0.3, 0.4) is 0 Å². The number of benzene rings is 1. The van der Waals surface area contributed by atoms with Gasteiger partial charge in [-0.05, 0) is 23.8 Å². The van der Waals surface area contributed by atoms with Gasteiger partial charge in [0.1, 0.15) is 0 Å². The molecule has 2 aliphatic rings. The van der Waals surface area contributed by atoms with Crippen molar-refractivity contribution in [3.8, 4) is 11.3 Å². The van der Waals surface area contributed by atoms with Gasteiger partial charge in [-0.25, -0.2) is 4.79 Å². The van der Waals surface area contributed by atoms with E-state index in [2.05, 4.69) is 21.3 Å². The first-order chi connectivity index (χ1) is 12.8. The smallest absolute Gasteiger partial charge is 0.317 e. The molecule has 1 aromatic heterocycles.